The van der Waals surface area contributed by atoms with Crippen LogP contribution in [0.4, 0.5) is 5.69 Å². The first-order valence-electron chi connectivity index (χ1n) is 8.69. The SMILES string of the molecule is CC(C)N(C)c1cc(Oc2c(Cl)cc(-n3ncc(=O)n(N)c3=O)cc2Cl)c[nH]c1=O. The molecule has 0 atom stereocenters. The lowest BCUT2D eigenvalue weighted by atomic mass is 10.2. The Morgan fingerprint density at radius 1 is 1.17 bits per heavy atom. The van der Waals surface area contributed by atoms with E-state index in [9.17, 15) is 14.4 Å². The van der Waals surface area contributed by atoms with Crippen LogP contribution in [0.15, 0.2) is 45.0 Å². The number of hydrogen-bond acceptors (Lipinski definition) is 7. The second kappa shape index (κ2) is 8.25. The summed E-state index contributed by atoms with van der Waals surface area (Å²) in [6, 6.07) is 4.42. The van der Waals surface area contributed by atoms with Crippen LogP contribution in [-0.4, -0.2) is 32.5 Å². The quantitative estimate of drug-likeness (QED) is 0.563. The van der Waals surface area contributed by atoms with Crippen LogP contribution in [0.3, 0.4) is 0 Å². The molecule has 1 aromatic carbocycles. The van der Waals surface area contributed by atoms with Gasteiger partial charge >= 0.3 is 5.69 Å². The molecule has 10 nitrogen and oxygen atoms in total. The van der Waals surface area contributed by atoms with Crippen LogP contribution in [0.5, 0.6) is 11.5 Å². The van der Waals surface area contributed by atoms with E-state index >= 15 is 0 Å². The Bertz CT molecular complexity index is 1260. The van der Waals surface area contributed by atoms with Gasteiger partial charge in [0.1, 0.15) is 17.6 Å². The van der Waals surface area contributed by atoms with Crippen LogP contribution in [0.2, 0.25) is 10.0 Å². The van der Waals surface area contributed by atoms with Crippen molar-refractivity contribution in [1.29, 1.82) is 0 Å². The minimum Gasteiger partial charge on any atom is -0.453 e. The molecule has 0 saturated heterocycles. The van der Waals surface area contributed by atoms with Gasteiger partial charge in [-0.05, 0) is 26.0 Å². The van der Waals surface area contributed by atoms with Crippen LogP contribution in [-0.2, 0) is 0 Å². The molecule has 12 heteroatoms. The maximum atomic E-state index is 12.2. The summed E-state index contributed by atoms with van der Waals surface area (Å²) >= 11 is 12.6. The van der Waals surface area contributed by atoms with Gasteiger partial charge in [-0.1, -0.05) is 23.2 Å². The van der Waals surface area contributed by atoms with E-state index in [1.54, 1.807) is 18.0 Å². The summed E-state index contributed by atoms with van der Waals surface area (Å²) in [5.41, 5.74) is -1.30. The lowest BCUT2D eigenvalue weighted by Gasteiger charge is -2.23. The fourth-order valence-corrected chi connectivity index (χ4v) is 3.08. The molecular formula is C18H18Cl2N6O4. The number of anilines is 1. The molecule has 3 rings (SSSR count). The van der Waals surface area contributed by atoms with Gasteiger partial charge in [0.2, 0.25) is 0 Å². The molecule has 30 heavy (non-hydrogen) atoms. The predicted molar refractivity (Wildman–Crippen MR) is 115 cm³/mol. The highest BCUT2D eigenvalue weighted by Crippen LogP contribution is 2.38. The highest BCUT2D eigenvalue weighted by atomic mass is 35.5. The first kappa shape index (κ1) is 21.5. The number of halogens is 2. The third-order valence-corrected chi connectivity index (χ3v) is 4.93. The van der Waals surface area contributed by atoms with Crippen LogP contribution in [0.25, 0.3) is 5.69 Å². The topological polar surface area (TPSA) is 128 Å². The van der Waals surface area contributed by atoms with E-state index in [1.807, 2.05) is 13.8 Å². The fourth-order valence-electron chi connectivity index (χ4n) is 2.53. The Kier molecular flexibility index (Phi) is 5.90. The molecule has 158 valence electrons. The fraction of sp³-hybridized carbons (Fsp3) is 0.222. The van der Waals surface area contributed by atoms with Gasteiger partial charge in [-0.2, -0.15) is 14.5 Å². The Labute approximate surface area is 180 Å². The summed E-state index contributed by atoms with van der Waals surface area (Å²) in [6.07, 6.45) is 2.28. The van der Waals surface area contributed by atoms with E-state index in [4.69, 9.17) is 33.8 Å². The predicted octanol–water partition coefficient (Wildman–Crippen LogP) is 1.74. The number of pyridine rings is 1. The standard InChI is InChI=1S/C18H18Cl2N6O4/c1-9(2)24(3)14-6-11(7-22-17(14)28)30-16-12(19)4-10(5-13(16)20)26-18(29)25(21)15(27)8-23-26/h4-9H,21H2,1-3H3,(H,22,28). The van der Waals surface area contributed by atoms with Crippen molar-refractivity contribution < 1.29 is 4.74 Å². The number of hydrogen-bond donors (Lipinski definition) is 2. The van der Waals surface area contributed by atoms with Crippen molar-refractivity contribution in [2.45, 2.75) is 19.9 Å². The van der Waals surface area contributed by atoms with Gasteiger partial charge in [0, 0.05) is 25.4 Å². The molecule has 0 amide bonds. The number of nitrogens with one attached hydrogen (secondary N) is 1. The zero-order valence-corrected chi connectivity index (χ0v) is 17.7. The first-order chi connectivity index (χ1) is 14.1. The van der Waals surface area contributed by atoms with Crippen molar-refractivity contribution in [3.05, 3.63) is 71.8 Å². The molecule has 3 N–H and O–H groups in total. The minimum atomic E-state index is -0.870. The number of rotatable bonds is 5. The largest absolute Gasteiger partial charge is 0.453 e. The summed E-state index contributed by atoms with van der Waals surface area (Å²) < 4.78 is 7.06. The molecule has 0 fully saturated rings. The highest BCUT2D eigenvalue weighted by Gasteiger charge is 2.16. The zero-order chi connectivity index (χ0) is 22.2. The highest BCUT2D eigenvalue weighted by molar-refractivity contribution is 6.37. The number of ether oxygens (including phenoxy) is 1. The van der Waals surface area contributed by atoms with Gasteiger partial charge in [-0.25, -0.2) is 4.79 Å². The lowest BCUT2D eigenvalue weighted by molar-refractivity contribution is 0.480. The van der Waals surface area contributed by atoms with Crippen molar-refractivity contribution in [3.63, 3.8) is 0 Å². The Balaban J connectivity index is 2.01. The second-order valence-corrected chi connectivity index (χ2v) is 7.46. The number of nitrogens with zero attached hydrogens (tertiary/aromatic N) is 4. The lowest BCUT2D eigenvalue weighted by Crippen LogP contribution is -2.44. The molecule has 2 aromatic heterocycles. The van der Waals surface area contributed by atoms with Crippen LogP contribution < -0.4 is 32.3 Å². The zero-order valence-electron chi connectivity index (χ0n) is 16.2. The number of aromatic amines is 1. The molecule has 0 spiro atoms. The number of H-pyrrole nitrogens is 1. The van der Waals surface area contributed by atoms with Crippen LogP contribution >= 0.6 is 23.2 Å². The summed E-state index contributed by atoms with van der Waals surface area (Å²) in [5, 5.41) is 3.90. The summed E-state index contributed by atoms with van der Waals surface area (Å²) in [7, 11) is 1.79. The van der Waals surface area contributed by atoms with Gasteiger partial charge < -0.3 is 20.5 Å². The molecule has 0 unspecified atom stereocenters. The summed E-state index contributed by atoms with van der Waals surface area (Å²) in [6.45, 7) is 3.89. The van der Waals surface area contributed by atoms with Gasteiger partial charge in [0.15, 0.2) is 5.75 Å². The van der Waals surface area contributed by atoms with Gasteiger partial charge in [0.25, 0.3) is 11.1 Å². The molecular weight excluding hydrogens is 435 g/mol. The average molecular weight is 453 g/mol. The van der Waals surface area contributed by atoms with Crippen molar-refractivity contribution in [2.24, 2.45) is 0 Å². The Morgan fingerprint density at radius 2 is 1.80 bits per heavy atom. The third-order valence-electron chi connectivity index (χ3n) is 4.37. The van der Waals surface area contributed by atoms with Crippen molar-refractivity contribution in [3.8, 4) is 17.2 Å². The molecule has 0 aliphatic heterocycles. The van der Waals surface area contributed by atoms with Gasteiger partial charge in [-0.15, -0.1) is 0 Å². The van der Waals surface area contributed by atoms with E-state index in [1.165, 1.54) is 18.3 Å². The summed E-state index contributed by atoms with van der Waals surface area (Å²) in [4.78, 5) is 40.1. The van der Waals surface area contributed by atoms with Crippen molar-refractivity contribution in [1.82, 2.24) is 19.4 Å². The molecule has 0 aliphatic rings. The smallest absolute Gasteiger partial charge is 0.370 e. The number of aromatic nitrogens is 4. The van der Waals surface area contributed by atoms with E-state index in [-0.39, 0.29) is 33.1 Å². The molecule has 3 aromatic rings. The Morgan fingerprint density at radius 3 is 2.40 bits per heavy atom. The van der Waals surface area contributed by atoms with Crippen LogP contribution in [0.1, 0.15) is 13.8 Å². The maximum absolute atomic E-state index is 12.2. The summed E-state index contributed by atoms with van der Waals surface area (Å²) in [5.74, 6) is 5.82. The second-order valence-electron chi connectivity index (χ2n) is 6.64. The van der Waals surface area contributed by atoms with Gasteiger partial charge in [-0.3, -0.25) is 9.59 Å². The number of benzene rings is 1. The molecule has 0 aliphatic carbocycles. The third kappa shape index (κ3) is 4.05. The number of nitrogens with two attached hydrogens (primary N) is 1. The first-order valence-corrected chi connectivity index (χ1v) is 9.45. The molecule has 0 bridgehead atoms. The van der Waals surface area contributed by atoms with E-state index < -0.39 is 11.2 Å². The Hall–Kier alpha value is -3.24. The van der Waals surface area contributed by atoms with Gasteiger partial charge in [0.05, 0.1) is 15.7 Å². The minimum absolute atomic E-state index is 0.0749. The van der Waals surface area contributed by atoms with E-state index in [0.29, 0.717) is 16.1 Å². The van der Waals surface area contributed by atoms with E-state index in [0.717, 1.165) is 10.9 Å². The van der Waals surface area contributed by atoms with E-state index in [2.05, 4.69) is 10.1 Å². The monoisotopic (exact) mass is 452 g/mol. The average Bonchev–Trinajstić information content (AvgIpc) is 2.69. The molecule has 2 heterocycles. The molecule has 0 radical (unpaired) electrons. The molecule has 0 saturated carbocycles. The van der Waals surface area contributed by atoms with Crippen molar-refractivity contribution in [2.75, 3.05) is 17.8 Å². The van der Waals surface area contributed by atoms with Crippen LogP contribution in [0, 0.1) is 0 Å². The number of nitrogen functional groups attached to an aromatic ring is 1. The normalized spacial score (nSPS) is 11.0. The maximum Gasteiger partial charge on any atom is 0.370 e. The van der Waals surface area contributed by atoms with Crippen molar-refractivity contribution >= 4 is 28.9 Å².